The van der Waals surface area contributed by atoms with Crippen molar-refractivity contribution in [1.82, 2.24) is 15.3 Å². The molecule has 9 heteroatoms. The Balaban J connectivity index is 1.70. The summed E-state index contributed by atoms with van der Waals surface area (Å²) in [5.41, 5.74) is 1.29. The second kappa shape index (κ2) is 9.36. The Morgan fingerprint density at radius 3 is 2.57 bits per heavy atom. The molecular weight excluding hydrogens is 404 g/mol. The number of nitrogens with one attached hydrogen (secondary N) is 2. The number of rotatable bonds is 8. The number of aromatic nitrogens is 2. The minimum Gasteiger partial charge on any atom is -0.494 e. The van der Waals surface area contributed by atoms with Crippen LogP contribution < -0.4 is 14.8 Å². The van der Waals surface area contributed by atoms with Crippen LogP contribution >= 0.6 is 0 Å². The fourth-order valence-electron chi connectivity index (χ4n) is 2.68. The smallest absolute Gasteiger partial charge is 0.261 e. The number of sulfonamides is 1. The molecule has 3 rings (SSSR count). The molecule has 2 aromatic carbocycles. The van der Waals surface area contributed by atoms with Crippen LogP contribution in [0.5, 0.6) is 5.75 Å². The maximum Gasteiger partial charge on any atom is 0.261 e. The zero-order chi connectivity index (χ0) is 21.6. The molecule has 0 aliphatic carbocycles. The Kier molecular flexibility index (Phi) is 6.63. The molecule has 8 nitrogen and oxygen atoms in total. The summed E-state index contributed by atoms with van der Waals surface area (Å²) in [6.45, 7) is 4.37. The quantitative estimate of drug-likeness (QED) is 0.573. The highest BCUT2D eigenvalue weighted by molar-refractivity contribution is 7.92. The van der Waals surface area contributed by atoms with Gasteiger partial charge in [-0.05, 0) is 62.4 Å². The van der Waals surface area contributed by atoms with E-state index in [1.165, 1.54) is 18.2 Å². The van der Waals surface area contributed by atoms with E-state index in [4.69, 9.17) is 4.74 Å². The van der Waals surface area contributed by atoms with Crippen LogP contribution in [0.25, 0.3) is 0 Å². The largest absolute Gasteiger partial charge is 0.494 e. The van der Waals surface area contributed by atoms with E-state index in [2.05, 4.69) is 20.0 Å². The van der Waals surface area contributed by atoms with Gasteiger partial charge in [-0.25, -0.2) is 18.4 Å². The molecular formula is C21H22N4O4S. The van der Waals surface area contributed by atoms with Crippen molar-refractivity contribution in [3.8, 4) is 5.75 Å². The monoisotopic (exact) mass is 426 g/mol. The van der Waals surface area contributed by atoms with Crippen molar-refractivity contribution < 1.29 is 17.9 Å². The Bertz CT molecular complexity index is 1130. The lowest BCUT2D eigenvalue weighted by Crippen LogP contribution is -2.24. The molecule has 0 spiro atoms. The minimum absolute atomic E-state index is 0.0121. The molecule has 0 bridgehead atoms. The molecule has 30 heavy (non-hydrogen) atoms. The van der Waals surface area contributed by atoms with Crippen molar-refractivity contribution >= 4 is 21.6 Å². The molecule has 1 aromatic heterocycles. The van der Waals surface area contributed by atoms with E-state index < -0.39 is 15.9 Å². The normalized spacial score (nSPS) is 11.0. The van der Waals surface area contributed by atoms with Gasteiger partial charge in [-0.3, -0.25) is 9.52 Å². The summed E-state index contributed by atoms with van der Waals surface area (Å²) >= 11 is 0. The van der Waals surface area contributed by atoms with Crippen molar-refractivity contribution in [3.63, 3.8) is 0 Å². The highest BCUT2D eigenvalue weighted by Gasteiger charge is 2.17. The zero-order valence-electron chi connectivity index (χ0n) is 16.6. The highest BCUT2D eigenvalue weighted by Crippen LogP contribution is 2.20. The predicted octanol–water partition coefficient (Wildman–Crippen LogP) is 2.91. The van der Waals surface area contributed by atoms with Crippen LogP contribution in [0.15, 0.2) is 65.7 Å². The number of carbonyl (C=O) groups is 1. The van der Waals surface area contributed by atoms with Crippen molar-refractivity contribution in [2.75, 3.05) is 11.3 Å². The van der Waals surface area contributed by atoms with Gasteiger partial charge in [-0.2, -0.15) is 0 Å². The molecule has 1 amide bonds. The van der Waals surface area contributed by atoms with Gasteiger partial charge >= 0.3 is 0 Å². The molecule has 0 saturated carbocycles. The van der Waals surface area contributed by atoms with Crippen LogP contribution in [-0.2, 0) is 16.6 Å². The highest BCUT2D eigenvalue weighted by atomic mass is 32.2. The number of amides is 1. The first-order valence-electron chi connectivity index (χ1n) is 9.30. The fourth-order valence-corrected chi connectivity index (χ4v) is 3.79. The maximum absolute atomic E-state index is 12.7. The lowest BCUT2D eigenvalue weighted by Gasteiger charge is -2.11. The maximum atomic E-state index is 12.7. The predicted molar refractivity (Wildman–Crippen MR) is 113 cm³/mol. The Hall–Kier alpha value is -3.46. The summed E-state index contributed by atoms with van der Waals surface area (Å²) < 4.78 is 33.3. The molecule has 1 heterocycles. The number of benzene rings is 2. The van der Waals surface area contributed by atoms with E-state index in [0.29, 0.717) is 29.6 Å². The van der Waals surface area contributed by atoms with Crippen LogP contribution in [0, 0.1) is 6.92 Å². The molecule has 0 unspecified atom stereocenters. The molecule has 0 aliphatic rings. The number of ether oxygens (including phenoxy) is 1. The molecule has 0 saturated heterocycles. The number of nitrogens with zero attached hydrogens (tertiary/aromatic N) is 2. The van der Waals surface area contributed by atoms with Crippen molar-refractivity contribution in [1.29, 1.82) is 0 Å². The number of carbonyl (C=O) groups excluding carboxylic acids is 1. The number of anilines is 1. The summed E-state index contributed by atoms with van der Waals surface area (Å²) in [6, 6.07) is 14.1. The molecule has 0 atom stereocenters. The summed E-state index contributed by atoms with van der Waals surface area (Å²) in [5, 5.41) is 2.73. The summed E-state index contributed by atoms with van der Waals surface area (Å²) in [7, 11) is -3.86. The van der Waals surface area contributed by atoms with Gasteiger partial charge < -0.3 is 10.1 Å². The Morgan fingerprint density at radius 1 is 1.10 bits per heavy atom. The van der Waals surface area contributed by atoms with Crippen molar-refractivity contribution in [2.45, 2.75) is 25.3 Å². The first kappa shape index (κ1) is 21.3. The molecule has 2 N–H and O–H groups in total. The minimum atomic E-state index is -3.86. The number of hydrogen-bond donors (Lipinski definition) is 2. The van der Waals surface area contributed by atoms with Gasteiger partial charge in [0.25, 0.3) is 15.9 Å². The van der Waals surface area contributed by atoms with Gasteiger partial charge in [0.05, 0.1) is 23.7 Å². The van der Waals surface area contributed by atoms with Crippen LogP contribution in [0.1, 0.15) is 28.8 Å². The number of hydrogen-bond acceptors (Lipinski definition) is 6. The molecule has 0 fully saturated rings. The molecule has 0 radical (unpaired) electrons. The van der Waals surface area contributed by atoms with E-state index in [0.717, 1.165) is 0 Å². The summed E-state index contributed by atoms with van der Waals surface area (Å²) in [5.74, 6) is 0.859. The lowest BCUT2D eigenvalue weighted by molar-refractivity contribution is 0.0950. The van der Waals surface area contributed by atoms with Gasteiger partial charge in [-0.15, -0.1) is 0 Å². The number of aryl methyl sites for hydroxylation is 1. The topological polar surface area (TPSA) is 110 Å². The van der Waals surface area contributed by atoms with E-state index >= 15 is 0 Å². The van der Waals surface area contributed by atoms with Crippen LogP contribution in [-0.4, -0.2) is 30.9 Å². The average Bonchev–Trinajstić information content (AvgIpc) is 2.73. The van der Waals surface area contributed by atoms with Gasteiger partial charge in [0.2, 0.25) is 0 Å². The van der Waals surface area contributed by atoms with Gasteiger partial charge in [-0.1, -0.05) is 6.07 Å². The van der Waals surface area contributed by atoms with Crippen LogP contribution in [0.2, 0.25) is 0 Å². The average molecular weight is 426 g/mol. The van der Waals surface area contributed by atoms with E-state index in [1.807, 2.05) is 6.92 Å². The third kappa shape index (κ3) is 5.54. The zero-order valence-corrected chi connectivity index (χ0v) is 17.4. The van der Waals surface area contributed by atoms with Crippen LogP contribution in [0.4, 0.5) is 5.69 Å². The van der Waals surface area contributed by atoms with Crippen molar-refractivity contribution in [2.24, 2.45) is 0 Å². The van der Waals surface area contributed by atoms with Gasteiger partial charge in [0.15, 0.2) is 0 Å². The van der Waals surface area contributed by atoms with Gasteiger partial charge in [0, 0.05) is 17.4 Å². The Labute approximate surface area is 175 Å². The second-order valence-electron chi connectivity index (χ2n) is 6.37. The van der Waals surface area contributed by atoms with E-state index in [-0.39, 0.29) is 17.0 Å². The third-order valence-corrected chi connectivity index (χ3v) is 5.47. The summed E-state index contributed by atoms with van der Waals surface area (Å²) in [4.78, 5) is 20.7. The first-order chi connectivity index (χ1) is 14.4. The molecule has 3 aromatic rings. The third-order valence-electron chi connectivity index (χ3n) is 4.09. The van der Waals surface area contributed by atoms with E-state index in [9.17, 15) is 13.2 Å². The second-order valence-corrected chi connectivity index (χ2v) is 8.05. The first-order valence-corrected chi connectivity index (χ1v) is 10.8. The fraction of sp³-hybridized carbons (Fsp3) is 0.190. The molecule has 156 valence electrons. The standard InChI is InChI=1S/C21H22N4O4S/c1-3-29-19-9-7-17(8-10-19)25-30(27,28)20-6-4-5-16(13-20)21(26)23-14-18-11-12-22-15(2)24-18/h4-13,25H,3,14H2,1-2H3,(H,23,26). The van der Waals surface area contributed by atoms with E-state index in [1.54, 1.807) is 49.5 Å². The Morgan fingerprint density at radius 2 is 1.87 bits per heavy atom. The van der Waals surface area contributed by atoms with Crippen molar-refractivity contribution in [3.05, 3.63) is 77.9 Å². The van der Waals surface area contributed by atoms with Crippen LogP contribution in [0.3, 0.4) is 0 Å². The van der Waals surface area contributed by atoms with Gasteiger partial charge in [0.1, 0.15) is 11.6 Å². The molecule has 0 aliphatic heterocycles. The SMILES string of the molecule is CCOc1ccc(NS(=O)(=O)c2cccc(C(=O)NCc3ccnc(C)n3)c2)cc1. The lowest BCUT2D eigenvalue weighted by atomic mass is 10.2. The summed E-state index contributed by atoms with van der Waals surface area (Å²) in [6.07, 6.45) is 1.61.